The molecule has 2 aromatic rings. The van der Waals surface area contributed by atoms with Gasteiger partial charge in [-0.05, 0) is 63.1 Å². The summed E-state index contributed by atoms with van der Waals surface area (Å²) in [4.78, 5) is 19.9. The van der Waals surface area contributed by atoms with E-state index < -0.39 is 0 Å². The summed E-state index contributed by atoms with van der Waals surface area (Å²) in [6.07, 6.45) is 2.40. The van der Waals surface area contributed by atoms with Crippen LogP contribution in [0.25, 0.3) is 10.9 Å². The van der Waals surface area contributed by atoms with Crippen LogP contribution in [-0.4, -0.2) is 66.3 Å². The molecule has 0 unspecified atom stereocenters. The highest BCUT2D eigenvalue weighted by atomic mass is 32.1. The zero-order chi connectivity index (χ0) is 20.1. The fourth-order valence-electron chi connectivity index (χ4n) is 3.44. The fourth-order valence-corrected chi connectivity index (χ4v) is 3.68. The lowest BCUT2D eigenvalue weighted by molar-refractivity contribution is 0.113. The minimum atomic E-state index is -0.0569. The van der Waals surface area contributed by atoms with Gasteiger partial charge in [-0.1, -0.05) is 18.2 Å². The molecule has 28 heavy (non-hydrogen) atoms. The van der Waals surface area contributed by atoms with Crippen molar-refractivity contribution < 1.29 is 4.74 Å². The molecule has 0 radical (unpaired) electrons. The average molecular weight is 403 g/mol. The Hall–Kier alpha value is -1.96. The highest BCUT2D eigenvalue weighted by Crippen LogP contribution is 2.16. The summed E-state index contributed by atoms with van der Waals surface area (Å²) in [7, 11) is 4.07. The number of para-hydroxylation sites is 1. The number of hydrogen-bond donors (Lipinski definition) is 2. The van der Waals surface area contributed by atoms with Crippen molar-refractivity contribution in [3.05, 3.63) is 45.7 Å². The van der Waals surface area contributed by atoms with E-state index in [0.717, 1.165) is 54.6 Å². The van der Waals surface area contributed by atoms with Gasteiger partial charge in [0, 0.05) is 31.8 Å². The van der Waals surface area contributed by atoms with Crippen LogP contribution in [0.2, 0.25) is 0 Å². The number of aromatic nitrogens is 1. The number of pyridine rings is 1. The normalized spacial score (nSPS) is 16.6. The Bertz CT molecular complexity index is 874. The molecule has 1 fully saturated rings. The van der Waals surface area contributed by atoms with E-state index in [1.165, 1.54) is 0 Å². The van der Waals surface area contributed by atoms with Crippen LogP contribution in [0.5, 0.6) is 0 Å². The van der Waals surface area contributed by atoms with Crippen molar-refractivity contribution in [2.45, 2.75) is 32.4 Å². The topological polar surface area (TPSA) is 60.6 Å². The molecular weight excluding hydrogens is 372 g/mol. The van der Waals surface area contributed by atoms with Gasteiger partial charge in [-0.15, -0.1) is 0 Å². The first-order chi connectivity index (χ1) is 13.4. The predicted octanol–water partition coefficient (Wildman–Crippen LogP) is 2.25. The summed E-state index contributed by atoms with van der Waals surface area (Å²) in [5.74, 6) is 0. The molecule has 1 atom stereocenters. The second-order valence-electron chi connectivity index (χ2n) is 7.71. The van der Waals surface area contributed by atoms with Gasteiger partial charge >= 0.3 is 0 Å². The van der Waals surface area contributed by atoms with Crippen molar-refractivity contribution in [1.82, 2.24) is 20.1 Å². The third-order valence-corrected chi connectivity index (χ3v) is 5.54. The minimum Gasteiger partial charge on any atom is -0.376 e. The molecule has 1 aliphatic rings. The van der Waals surface area contributed by atoms with E-state index in [1.807, 2.05) is 45.3 Å². The first-order valence-corrected chi connectivity index (χ1v) is 10.3. The van der Waals surface area contributed by atoms with Crippen molar-refractivity contribution in [2.75, 3.05) is 40.3 Å². The van der Waals surface area contributed by atoms with Crippen LogP contribution in [0.3, 0.4) is 0 Å². The molecule has 2 heterocycles. The van der Waals surface area contributed by atoms with Crippen LogP contribution in [0.4, 0.5) is 0 Å². The lowest BCUT2D eigenvalue weighted by Crippen LogP contribution is -2.45. The summed E-state index contributed by atoms with van der Waals surface area (Å²) in [5.41, 5.74) is 2.63. The molecule has 7 heteroatoms. The number of benzene rings is 1. The van der Waals surface area contributed by atoms with Crippen LogP contribution in [0.15, 0.2) is 29.1 Å². The number of aromatic amines is 1. The van der Waals surface area contributed by atoms with Crippen molar-refractivity contribution in [2.24, 2.45) is 0 Å². The minimum absolute atomic E-state index is 0.0569. The highest BCUT2D eigenvalue weighted by molar-refractivity contribution is 7.80. The highest BCUT2D eigenvalue weighted by Gasteiger charge is 2.18. The van der Waals surface area contributed by atoms with E-state index in [1.54, 1.807) is 0 Å². The molecule has 1 aromatic carbocycles. The predicted molar refractivity (Wildman–Crippen MR) is 118 cm³/mol. The van der Waals surface area contributed by atoms with E-state index in [4.69, 9.17) is 17.0 Å². The smallest absolute Gasteiger partial charge is 0.253 e. The van der Waals surface area contributed by atoms with E-state index in [-0.39, 0.29) is 11.7 Å². The number of rotatable bonds is 7. The summed E-state index contributed by atoms with van der Waals surface area (Å²) in [6.45, 7) is 5.62. The van der Waals surface area contributed by atoms with Gasteiger partial charge in [-0.2, -0.15) is 0 Å². The molecule has 2 N–H and O–H groups in total. The standard InChI is InChI=1S/C21H30N4O2S/c1-15-6-4-7-16-12-17(20(26)23-19(15)16)14-25(10-9-24(2)3)21(28)22-13-18-8-5-11-27-18/h4,6-7,12,18H,5,8-11,13-14H2,1-3H3,(H,22,28)(H,23,26)/t18-/m1/s1. The Morgan fingerprint density at radius 3 is 2.89 bits per heavy atom. The molecule has 0 spiro atoms. The maximum Gasteiger partial charge on any atom is 0.253 e. The average Bonchev–Trinajstić information content (AvgIpc) is 3.18. The summed E-state index contributed by atoms with van der Waals surface area (Å²) >= 11 is 5.65. The summed E-state index contributed by atoms with van der Waals surface area (Å²) in [5, 5.41) is 5.05. The summed E-state index contributed by atoms with van der Waals surface area (Å²) < 4.78 is 5.67. The molecule has 0 aliphatic carbocycles. The lowest BCUT2D eigenvalue weighted by atomic mass is 10.1. The van der Waals surface area contributed by atoms with Crippen LogP contribution in [0.1, 0.15) is 24.0 Å². The van der Waals surface area contributed by atoms with Gasteiger partial charge in [-0.3, -0.25) is 4.79 Å². The fraction of sp³-hybridized carbons (Fsp3) is 0.524. The van der Waals surface area contributed by atoms with E-state index >= 15 is 0 Å². The van der Waals surface area contributed by atoms with Gasteiger partial charge in [-0.25, -0.2) is 0 Å². The van der Waals surface area contributed by atoms with Gasteiger partial charge < -0.3 is 24.8 Å². The Morgan fingerprint density at radius 1 is 1.36 bits per heavy atom. The van der Waals surface area contributed by atoms with E-state index in [2.05, 4.69) is 20.1 Å². The number of ether oxygens (including phenoxy) is 1. The first-order valence-electron chi connectivity index (χ1n) is 9.84. The van der Waals surface area contributed by atoms with Gasteiger partial charge in [0.05, 0.1) is 18.2 Å². The second kappa shape index (κ2) is 9.49. The van der Waals surface area contributed by atoms with Crippen molar-refractivity contribution >= 4 is 28.2 Å². The molecule has 152 valence electrons. The quantitative estimate of drug-likeness (QED) is 0.693. The lowest BCUT2D eigenvalue weighted by Gasteiger charge is -2.28. The Labute approximate surface area is 171 Å². The Kier molecular flexibility index (Phi) is 7.04. The van der Waals surface area contributed by atoms with Crippen LogP contribution in [-0.2, 0) is 11.3 Å². The zero-order valence-corrected chi connectivity index (χ0v) is 17.8. The molecule has 1 aromatic heterocycles. The largest absolute Gasteiger partial charge is 0.376 e. The Balaban J connectivity index is 1.76. The molecule has 0 bridgehead atoms. The number of H-pyrrole nitrogens is 1. The van der Waals surface area contributed by atoms with E-state index in [0.29, 0.717) is 18.2 Å². The summed E-state index contributed by atoms with van der Waals surface area (Å²) in [6, 6.07) is 8.02. The zero-order valence-electron chi connectivity index (χ0n) is 17.0. The van der Waals surface area contributed by atoms with Crippen molar-refractivity contribution in [3.63, 3.8) is 0 Å². The number of hydrogen-bond acceptors (Lipinski definition) is 4. The third kappa shape index (κ3) is 5.31. The van der Waals surface area contributed by atoms with Gasteiger partial charge in [0.25, 0.3) is 5.56 Å². The van der Waals surface area contributed by atoms with Gasteiger partial charge in [0.15, 0.2) is 5.11 Å². The van der Waals surface area contributed by atoms with Crippen molar-refractivity contribution in [1.29, 1.82) is 0 Å². The molecule has 1 saturated heterocycles. The molecule has 0 amide bonds. The molecule has 1 aliphatic heterocycles. The number of nitrogens with one attached hydrogen (secondary N) is 2. The molecule has 0 saturated carbocycles. The molecule has 3 rings (SSSR count). The number of fused-ring (bicyclic) bond motifs is 1. The van der Waals surface area contributed by atoms with E-state index in [9.17, 15) is 4.79 Å². The molecule has 6 nitrogen and oxygen atoms in total. The van der Waals surface area contributed by atoms with Crippen LogP contribution < -0.4 is 10.9 Å². The van der Waals surface area contributed by atoms with Crippen LogP contribution in [0, 0.1) is 6.92 Å². The van der Waals surface area contributed by atoms with Gasteiger partial charge in [0.1, 0.15) is 0 Å². The van der Waals surface area contributed by atoms with Gasteiger partial charge in [0.2, 0.25) is 0 Å². The number of likely N-dealkylation sites (N-methyl/N-ethyl adjacent to an activating group) is 1. The number of aryl methyl sites for hydroxylation is 1. The Morgan fingerprint density at radius 2 is 2.18 bits per heavy atom. The number of thiocarbonyl (C=S) groups is 1. The monoisotopic (exact) mass is 402 g/mol. The van der Waals surface area contributed by atoms with Crippen LogP contribution >= 0.6 is 12.2 Å². The SMILES string of the molecule is Cc1cccc2cc(CN(CCN(C)C)C(=S)NC[C@H]3CCCO3)c(=O)[nH]c12. The van der Waals surface area contributed by atoms with Crippen molar-refractivity contribution in [3.8, 4) is 0 Å². The maximum absolute atomic E-state index is 12.7. The molecular formula is C21H30N4O2S. The second-order valence-corrected chi connectivity index (χ2v) is 8.10. The maximum atomic E-state index is 12.7. The number of nitrogens with zero attached hydrogens (tertiary/aromatic N) is 2. The third-order valence-electron chi connectivity index (χ3n) is 5.14. The first kappa shape index (κ1) is 20.8.